The lowest BCUT2D eigenvalue weighted by atomic mass is 10.1. The van der Waals surface area contributed by atoms with Crippen molar-refractivity contribution in [2.75, 3.05) is 39.7 Å². The minimum absolute atomic E-state index is 0. The van der Waals surface area contributed by atoms with Crippen molar-refractivity contribution in [2.45, 2.75) is 6.42 Å². The van der Waals surface area contributed by atoms with Gasteiger partial charge < -0.3 is 25.4 Å². The number of hydrogen-bond donors (Lipinski definition) is 3. The van der Waals surface area contributed by atoms with Crippen LogP contribution in [0.15, 0.2) is 47.5 Å². The Morgan fingerprint density at radius 2 is 1.72 bits per heavy atom. The van der Waals surface area contributed by atoms with Crippen LogP contribution in [0.1, 0.15) is 5.56 Å². The summed E-state index contributed by atoms with van der Waals surface area (Å²) in [6.07, 6.45) is 0.739. The zero-order chi connectivity index (χ0) is 20.4. The predicted molar refractivity (Wildman–Crippen MR) is 123 cm³/mol. The van der Waals surface area contributed by atoms with Gasteiger partial charge in [0, 0.05) is 19.3 Å². The lowest BCUT2D eigenvalue weighted by molar-refractivity contribution is -0.115. The maximum absolute atomic E-state index is 12.9. The first kappa shape index (κ1) is 24.5. The summed E-state index contributed by atoms with van der Waals surface area (Å²) in [6, 6.07) is 11.3. The van der Waals surface area contributed by atoms with Gasteiger partial charge in [0.25, 0.3) is 0 Å². The van der Waals surface area contributed by atoms with Gasteiger partial charge in [-0.05, 0) is 48.4 Å². The van der Waals surface area contributed by atoms with Gasteiger partial charge >= 0.3 is 0 Å². The molecule has 2 aromatic carbocycles. The van der Waals surface area contributed by atoms with Crippen LogP contribution in [-0.2, 0) is 11.2 Å². The van der Waals surface area contributed by atoms with Crippen molar-refractivity contribution in [3.8, 4) is 11.5 Å². The molecule has 0 saturated heterocycles. The molecular weight excluding hydrogens is 490 g/mol. The number of ether oxygens (including phenoxy) is 2. The quantitative estimate of drug-likeness (QED) is 0.286. The number of aliphatic imine (C=N–C) groups is 1. The number of rotatable bonds is 8. The van der Waals surface area contributed by atoms with Crippen molar-refractivity contribution in [1.82, 2.24) is 10.6 Å². The first-order chi connectivity index (χ1) is 13.5. The highest BCUT2D eigenvalue weighted by Crippen LogP contribution is 2.27. The molecule has 7 nitrogen and oxygen atoms in total. The van der Waals surface area contributed by atoms with E-state index in [0.29, 0.717) is 29.7 Å². The number of amides is 1. The Hall–Kier alpha value is -2.56. The summed E-state index contributed by atoms with van der Waals surface area (Å²) < 4.78 is 23.4. The van der Waals surface area contributed by atoms with Gasteiger partial charge in [-0.3, -0.25) is 9.79 Å². The number of carbonyl (C=O) groups excluding carboxylic acids is 1. The minimum Gasteiger partial charge on any atom is -0.493 e. The third kappa shape index (κ3) is 8.14. The fourth-order valence-corrected chi connectivity index (χ4v) is 2.48. The van der Waals surface area contributed by atoms with Crippen molar-refractivity contribution in [2.24, 2.45) is 4.99 Å². The molecule has 29 heavy (non-hydrogen) atoms. The SMILES string of the molecule is CN=C(NCCc1ccc(OC)c(OC)c1)NCC(=O)Nc1ccc(F)cc1.I. The van der Waals surface area contributed by atoms with Crippen molar-refractivity contribution in [3.63, 3.8) is 0 Å². The van der Waals surface area contributed by atoms with Gasteiger partial charge in [-0.15, -0.1) is 24.0 Å². The summed E-state index contributed by atoms with van der Waals surface area (Å²) in [5.74, 6) is 1.27. The lowest BCUT2D eigenvalue weighted by Crippen LogP contribution is -2.42. The summed E-state index contributed by atoms with van der Waals surface area (Å²) >= 11 is 0. The van der Waals surface area contributed by atoms with Gasteiger partial charge in [0.1, 0.15) is 5.82 Å². The van der Waals surface area contributed by atoms with Crippen LogP contribution in [0.2, 0.25) is 0 Å². The third-order valence-corrected chi connectivity index (χ3v) is 3.92. The molecule has 2 rings (SSSR count). The molecule has 1 amide bonds. The number of nitrogens with one attached hydrogen (secondary N) is 3. The fourth-order valence-electron chi connectivity index (χ4n) is 2.48. The normalized spacial score (nSPS) is 10.6. The van der Waals surface area contributed by atoms with Gasteiger partial charge in [0.05, 0.1) is 20.8 Å². The van der Waals surface area contributed by atoms with Gasteiger partial charge in [-0.25, -0.2) is 4.39 Å². The molecule has 0 bridgehead atoms. The standard InChI is InChI=1S/C20H25FN4O3.HI/c1-22-20(24-13-19(26)25-16-7-5-15(21)6-8-16)23-11-10-14-4-9-17(27-2)18(12-14)28-3;/h4-9,12H,10-11,13H2,1-3H3,(H,25,26)(H2,22,23,24);1H. The van der Waals surface area contributed by atoms with E-state index in [4.69, 9.17) is 9.47 Å². The Morgan fingerprint density at radius 1 is 1.03 bits per heavy atom. The highest BCUT2D eigenvalue weighted by molar-refractivity contribution is 14.0. The van der Waals surface area contributed by atoms with Gasteiger partial charge in [-0.2, -0.15) is 0 Å². The van der Waals surface area contributed by atoms with E-state index >= 15 is 0 Å². The number of anilines is 1. The van der Waals surface area contributed by atoms with E-state index in [1.54, 1.807) is 21.3 Å². The van der Waals surface area contributed by atoms with Gasteiger partial charge in [0.2, 0.25) is 5.91 Å². The van der Waals surface area contributed by atoms with Crippen molar-refractivity contribution < 1.29 is 18.7 Å². The van der Waals surface area contributed by atoms with E-state index < -0.39 is 0 Å². The summed E-state index contributed by atoms with van der Waals surface area (Å²) in [4.78, 5) is 16.1. The number of benzene rings is 2. The van der Waals surface area contributed by atoms with E-state index in [-0.39, 0.29) is 42.2 Å². The Bertz CT molecular complexity index is 816. The summed E-state index contributed by atoms with van der Waals surface area (Å²) in [5.41, 5.74) is 1.61. The molecule has 0 fully saturated rings. The molecule has 3 N–H and O–H groups in total. The second-order valence-corrected chi connectivity index (χ2v) is 5.85. The highest BCUT2D eigenvalue weighted by atomic mass is 127. The molecule has 0 aliphatic heterocycles. The zero-order valence-corrected chi connectivity index (χ0v) is 19.0. The summed E-state index contributed by atoms with van der Waals surface area (Å²) in [5, 5.41) is 8.76. The molecule has 0 aliphatic carbocycles. The zero-order valence-electron chi connectivity index (χ0n) is 16.6. The van der Waals surface area contributed by atoms with Crippen LogP contribution in [-0.4, -0.2) is 46.2 Å². The molecule has 0 unspecified atom stereocenters. The van der Waals surface area contributed by atoms with E-state index in [1.165, 1.54) is 24.3 Å². The second kappa shape index (κ2) is 12.8. The first-order valence-electron chi connectivity index (χ1n) is 8.76. The number of hydrogen-bond acceptors (Lipinski definition) is 4. The highest BCUT2D eigenvalue weighted by Gasteiger charge is 2.06. The maximum atomic E-state index is 12.9. The smallest absolute Gasteiger partial charge is 0.243 e. The molecule has 2 aromatic rings. The summed E-state index contributed by atoms with van der Waals surface area (Å²) in [6.45, 7) is 0.655. The van der Waals surface area contributed by atoms with Crippen LogP contribution in [0.5, 0.6) is 11.5 Å². The number of methoxy groups -OCH3 is 2. The van der Waals surface area contributed by atoms with Crippen molar-refractivity contribution in [3.05, 3.63) is 53.8 Å². The van der Waals surface area contributed by atoms with Crippen molar-refractivity contribution >= 4 is 41.5 Å². The van der Waals surface area contributed by atoms with Crippen molar-refractivity contribution in [1.29, 1.82) is 0 Å². The molecular formula is C20H26FIN4O3. The fraction of sp³-hybridized carbons (Fsp3) is 0.300. The molecule has 0 aromatic heterocycles. The van der Waals surface area contributed by atoms with E-state index in [2.05, 4.69) is 20.9 Å². The minimum atomic E-state index is -0.352. The lowest BCUT2D eigenvalue weighted by Gasteiger charge is -2.13. The van der Waals surface area contributed by atoms with E-state index in [9.17, 15) is 9.18 Å². The third-order valence-electron chi connectivity index (χ3n) is 3.92. The average Bonchev–Trinajstić information content (AvgIpc) is 2.72. The molecule has 158 valence electrons. The molecule has 0 radical (unpaired) electrons. The molecule has 0 heterocycles. The largest absolute Gasteiger partial charge is 0.493 e. The molecule has 0 atom stereocenters. The second-order valence-electron chi connectivity index (χ2n) is 5.85. The number of nitrogens with zero attached hydrogens (tertiary/aromatic N) is 1. The topological polar surface area (TPSA) is 84.0 Å². The molecule has 9 heteroatoms. The first-order valence-corrected chi connectivity index (χ1v) is 8.76. The monoisotopic (exact) mass is 516 g/mol. The van der Waals surface area contributed by atoms with Gasteiger partial charge in [-0.1, -0.05) is 6.07 Å². The number of guanidine groups is 1. The van der Waals surface area contributed by atoms with Crippen LogP contribution in [0, 0.1) is 5.82 Å². The Balaban J connectivity index is 0.00000420. The Morgan fingerprint density at radius 3 is 2.34 bits per heavy atom. The molecule has 0 aliphatic rings. The average molecular weight is 516 g/mol. The Kier molecular flexibility index (Phi) is 10.8. The van der Waals surface area contributed by atoms with Crippen LogP contribution in [0.4, 0.5) is 10.1 Å². The number of carbonyl (C=O) groups is 1. The maximum Gasteiger partial charge on any atom is 0.243 e. The van der Waals surface area contributed by atoms with Gasteiger partial charge in [0.15, 0.2) is 17.5 Å². The van der Waals surface area contributed by atoms with E-state index in [1.807, 2.05) is 18.2 Å². The van der Waals surface area contributed by atoms with Crippen LogP contribution >= 0.6 is 24.0 Å². The molecule has 0 spiro atoms. The van der Waals surface area contributed by atoms with E-state index in [0.717, 1.165) is 12.0 Å². The summed E-state index contributed by atoms with van der Waals surface area (Å²) in [7, 11) is 4.83. The Labute approximate surface area is 187 Å². The van der Waals surface area contributed by atoms with Crippen LogP contribution in [0.3, 0.4) is 0 Å². The van der Waals surface area contributed by atoms with Crippen LogP contribution in [0.25, 0.3) is 0 Å². The van der Waals surface area contributed by atoms with Crippen LogP contribution < -0.4 is 25.4 Å². The predicted octanol–water partition coefficient (Wildman–Crippen LogP) is 2.81. The molecule has 0 saturated carbocycles. The number of halogens is 2.